The molecule has 0 amide bonds. The normalized spacial score (nSPS) is 11.8. The SMILES string of the molecule is O=C(/C=C/S(=O)(=O)c1ccc(F)cc1Cl)c1ccc(Br)cc1. The van der Waals surface area contributed by atoms with E-state index in [1.165, 1.54) is 0 Å². The molecule has 22 heavy (non-hydrogen) atoms. The van der Waals surface area contributed by atoms with Crippen LogP contribution < -0.4 is 0 Å². The molecule has 0 aromatic heterocycles. The topological polar surface area (TPSA) is 51.2 Å². The Kier molecular flexibility index (Phi) is 5.16. The molecule has 0 unspecified atom stereocenters. The standard InChI is InChI=1S/C15H9BrClFO3S/c16-11-3-1-10(2-4-11)14(19)7-8-22(20,21)15-6-5-12(18)9-13(15)17/h1-9H/b8-7+. The highest BCUT2D eigenvalue weighted by Crippen LogP contribution is 2.24. The van der Waals surface area contributed by atoms with Gasteiger partial charge in [0.2, 0.25) is 9.84 Å². The van der Waals surface area contributed by atoms with E-state index < -0.39 is 21.4 Å². The molecule has 0 atom stereocenters. The molecule has 0 bridgehead atoms. The van der Waals surface area contributed by atoms with E-state index in [-0.39, 0.29) is 9.92 Å². The summed E-state index contributed by atoms with van der Waals surface area (Å²) in [5.41, 5.74) is 0.347. The number of halogens is 3. The average Bonchev–Trinajstić information content (AvgIpc) is 2.45. The van der Waals surface area contributed by atoms with Crippen LogP contribution in [0.1, 0.15) is 10.4 Å². The molecule has 3 nitrogen and oxygen atoms in total. The summed E-state index contributed by atoms with van der Waals surface area (Å²) >= 11 is 8.96. The van der Waals surface area contributed by atoms with E-state index in [1.54, 1.807) is 24.3 Å². The Balaban J connectivity index is 2.28. The number of benzene rings is 2. The molecule has 0 saturated heterocycles. The van der Waals surface area contributed by atoms with Gasteiger partial charge in [0.15, 0.2) is 5.78 Å². The fourth-order valence-electron chi connectivity index (χ4n) is 1.64. The van der Waals surface area contributed by atoms with E-state index in [0.717, 1.165) is 34.2 Å². The number of allylic oxidation sites excluding steroid dienone is 1. The number of ketones is 1. The van der Waals surface area contributed by atoms with Gasteiger partial charge in [-0.2, -0.15) is 0 Å². The summed E-state index contributed by atoms with van der Waals surface area (Å²) in [7, 11) is -3.93. The monoisotopic (exact) mass is 402 g/mol. The summed E-state index contributed by atoms with van der Waals surface area (Å²) < 4.78 is 38.0. The van der Waals surface area contributed by atoms with Gasteiger partial charge in [-0.1, -0.05) is 27.5 Å². The van der Waals surface area contributed by atoms with E-state index in [4.69, 9.17) is 11.6 Å². The first-order chi connectivity index (χ1) is 10.3. The number of rotatable bonds is 4. The molecule has 0 heterocycles. The van der Waals surface area contributed by atoms with Gasteiger partial charge in [-0.25, -0.2) is 12.8 Å². The van der Waals surface area contributed by atoms with E-state index in [2.05, 4.69) is 15.9 Å². The molecule has 0 spiro atoms. The summed E-state index contributed by atoms with van der Waals surface area (Å²) in [6.07, 6.45) is 0.943. The molecule has 2 rings (SSSR count). The third-order valence-corrected chi connectivity index (χ3v) is 5.14. The molecule has 114 valence electrons. The van der Waals surface area contributed by atoms with Crippen molar-refractivity contribution >= 4 is 43.2 Å². The lowest BCUT2D eigenvalue weighted by Gasteiger charge is -2.02. The molecule has 2 aromatic rings. The smallest absolute Gasteiger partial charge is 0.201 e. The Labute approximate surface area is 140 Å². The molecule has 0 aliphatic carbocycles. The Bertz CT molecular complexity index is 846. The highest BCUT2D eigenvalue weighted by molar-refractivity contribution is 9.10. The number of carbonyl (C=O) groups excluding carboxylic acids is 1. The average molecular weight is 404 g/mol. The zero-order chi connectivity index (χ0) is 16.3. The predicted molar refractivity (Wildman–Crippen MR) is 86.2 cm³/mol. The van der Waals surface area contributed by atoms with E-state index in [9.17, 15) is 17.6 Å². The number of hydrogen-bond acceptors (Lipinski definition) is 3. The number of hydrogen-bond donors (Lipinski definition) is 0. The van der Waals surface area contributed by atoms with E-state index >= 15 is 0 Å². The lowest BCUT2D eigenvalue weighted by molar-refractivity contribution is 0.104. The van der Waals surface area contributed by atoms with E-state index in [0.29, 0.717) is 5.56 Å². The van der Waals surface area contributed by atoms with Crippen molar-refractivity contribution in [1.29, 1.82) is 0 Å². The lowest BCUT2D eigenvalue weighted by Crippen LogP contribution is -2.00. The van der Waals surface area contributed by atoms with Gasteiger partial charge in [0.25, 0.3) is 0 Å². The fraction of sp³-hybridized carbons (Fsp3) is 0. The molecular weight excluding hydrogens is 395 g/mol. The van der Waals surface area contributed by atoms with Crippen molar-refractivity contribution in [2.75, 3.05) is 0 Å². The summed E-state index contributed by atoms with van der Waals surface area (Å²) in [6, 6.07) is 9.42. The van der Waals surface area contributed by atoms with Crippen molar-refractivity contribution in [3.63, 3.8) is 0 Å². The second kappa shape index (κ2) is 6.73. The largest absolute Gasteiger partial charge is 0.289 e. The lowest BCUT2D eigenvalue weighted by atomic mass is 10.1. The van der Waals surface area contributed by atoms with Crippen LogP contribution in [0.2, 0.25) is 5.02 Å². The number of carbonyl (C=O) groups is 1. The first kappa shape index (κ1) is 16.9. The summed E-state index contributed by atoms with van der Waals surface area (Å²) in [5, 5.41) is 0.525. The van der Waals surface area contributed by atoms with E-state index in [1.807, 2.05) is 0 Å². The van der Waals surface area contributed by atoms with Crippen LogP contribution in [0.15, 0.2) is 63.3 Å². The van der Waals surface area contributed by atoms with Gasteiger partial charge in [0, 0.05) is 15.4 Å². The minimum absolute atomic E-state index is 0.235. The molecule has 0 N–H and O–H groups in total. The maximum atomic E-state index is 12.9. The van der Waals surface area contributed by atoms with Crippen LogP contribution in [0, 0.1) is 5.82 Å². The summed E-state index contributed by atoms with van der Waals surface area (Å²) in [4.78, 5) is 11.7. The first-order valence-electron chi connectivity index (χ1n) is 5.98. The molecule has 2 aromatic carbocycles. The molecule has 0 aliphatic heterocycles. The van der Waals surface area contributed by atoms with Crippen molar-refractivity contribution in [3.8, 4) is 0 Å². The fourth-order valence-corrected chi connectivity index (χ4v) is 3.43. The molecule has 0 fully saturated rings. The Hall–Kier alpha value is -1.50. The second-order valence-corrected chi connectivity index (χ2v) is 7.42. The zero-order valence-electron chi connectivity index (χ0n) is 11.0. The Morgan fingerprint density at radius 2 is 1.77 bits per heavy atom. The van der Waals surface area contributed by atoms with Gasteiger partial charge in [0.1, 0.15) is 5.82 Å². The molecular formula is C15H9BrClFO3S. The summed E-state index contributed by atoms with van der Waals surface area (Å²) in [5.74, 6) is -1.10. The Morgan fingerprint density at radius 3 is 2.36 bits per heavy atom. The second-order valence-electron chi connectivity index (χ2n) is 4.29. The Morgan fingerprint density at radius 1 is 1.14 bits per heavy atom. The molecule has 0 saturated carbocycles. The van der Waals surface area contributed by atoms with Crippen LogP contribution in [0.25, 0.3) is 0 Å². The van der Waals surface area contributed by atoms with Crippen LogP contribution in [0.4, 0.5) is 4.39 Å². The predicted octanol–water partition coefficient (Wildman–Crippen LogP) is 4.41. The third kappa shape index (κ3) is 4.03. The van der Waals surface area contributed by atoms with Crippen molar-refractivity contribution < 1.29 is 17.6 Å². The van der Waals surface area contributed by atoms with Crippen LogP contribution in [0.5, 0.6) is 0 Å². The van der Waals surface area contributed by atoms with Crippen LogP contribution in [-0.4, -0.2) is 14.2 Å². The molecule has 0 radical (unpaired) electrons. The maximum absolute atomic E-state index is 12.9. The van der Waals surface area contributed by atoms with Crippen molar-refractivity contribution in [2.24, 2.45) is 0 Å². The van der Waals surface area contributed by atoms with Crippen LogP contribution in [-0.2, 0) is 9.84 Å². The first-order valence-corrected chi connectivity index (χ1v) is 8.69. The quantitative estimate of drug-likeness (QED) is 0.431. The van der Waals surface area contributed by atoms with Gasteiger partial charge in [-0.05, 0) is 48.5 Å². The van der Waals surface area contributed by atoms with Gasteiger partial charge < -0.3 is 0 Å². The van der Waals surface area contributed by atoms with Crippen molar-refractivity contribution in [2.45, 2.75) is 4.90 Å². The van der Waals surface area contributed by atoms with Gasteiger partial charge in [0.05, 0.1) is 9.92 Å². The minimum atomic E-state index is -3.93. The summed E-state index contributed by atoms with van der Waals surface area (Å²) in [6.45, 7) is 0. The minimum Gasteiger partial charge on any atom is -0.289 e. The van der Waals surface area contributed by atoms with Gasteiger partial charge in [-0.3, -0.25) is 4.79 Å². The van der Waals surface area contributed by atoms with Crippen molar-refractivity contribution in [3.05, 3.63) is 74.8 Å². The maximum Gasteiger partial charge on any atom is 0.201 e. The number of sulfone groups is 1. The molecule has 7 heteroatoms. The van der Waals surface area contributed by atoms with Gasteiger partial charge in [-0.15, -0.1) is 0 Å². The van der Waals surface area contributed by atoms with Crippen LogP contribution >= 0.6 is 27.5 Å². The van der Waals surface area contributed by atoms with Crippen molar-refractivity contribution in [1.82, 2.24) is 0 Å². The highest BCUT2D eigenvalue weighted by atomic mass is 79.9. The molecule has 0 aliphatic rings. The van der Waals surface area contributed by atoms with Crippen LogP contribution in [0.3, 0.4) is 0 Å². The zero-order valence-corrected chi connectivity index (χ0v) is 14.1. The van der Waals surface area contributed by atoms with Gasteiger partial charge >= 0.3 is 0 Å². The highest BCUT2D eigenvalue weighted by Gasteiger charge is 2.16. The third-order valence-electron chi connectivity index (χ3n) is 2.73.